The molecule has 1 aromatic carbocycles. The monoisotopic (exact) mass is 224 g/mol. The van der Waals surface area contributed by atoms with Crippen molar-refractivity contribution >= 4 is 0 Å². The van der Waals surface area contributed by atoms with Crippen LogP contribution in [0.5, 0.6) is 11.6 Å². The Morgan fingerprint density at radius 3 is 2.81 bits per heavy atom. The fraction of sp³-hybridized carbons (Fsp3) is 0. The fourth-order valence-corrected chi connectivity index (χ4v) is 1.07. The molecule has 4 nitrogen and oxygen atoms in total. The van der Waals surface area contributed by atoms with Crippen LogP contribution in [-0.4, -0.2) is 9.97 Å². The van der Waals surface area contributed by atoms with E-state index in [9.17, 15) is 13.6 Å². The van der Waals surface area contributed by atoms with Gasteiger partial charge in [-0.15, -0.1) is 0 Å². The number of nitrogens with zero attached hydrogens (tertiary/aromatic N) is 1. The minimum absolute atomic E-state index is 0.259. The molecule has 0 bridgehead atoms. The van der Waals surface area contributed by atoms with Crippen LogP contribution >= 0.6 is 0 Å². The molecule has 0 atom stereocenters. The maximum Gasteiger partial charge on any atom is 0.311 e. The zero-order chi connectivity index (χ0) is 11.5. The number of aromatic nitrogens is 2. The second-order valence-electron chi connectivity index (χ2n) is 2.90. The lowest BCUT2D eigenvalue weighted by Crippen LogP contribution is -2.09. The lowest BCUT2D eigenvalue weighted by atomic mass is 10.3. The van der Waals surface area contributed by atoms with E-state index in [0.717, 1.165) is 12.1 Å². The third-order valence-electron chi connectivity index (χ3n) is 1.78. The Balaban J connectivity index is 2.35. The largest absolute Gasteiger partial charge is 0.432 e. The molecule has 0 spiro atoms. The van der Waals surface area contributed by atoms with Crippen molar-refractivity contribution in [2.24, 2.45) is 0 Å². The van der Waals surface area contributed by atoms with E-state index in [-0.39, 0.29) is 11.6 Å². The number of hydrogen-bond donors (Lipinski definition) is 1. The molecule has 0 amide bonds. The minimum Gasteiger partial charge on any atom is -0.432 e. The molecule has 0 saturated heterocycles. The van der Waals surface area contributed by atoms with E-state index >= 15 is 0 Å². The first-order valence-corrected chi connectivity index (χ1v) is 4.33. The normalized spacial score (nSPS) is 10.1. The van der Waals surface area contributed by atoms with E-state index in [2.05, 4.69) is 9.97 Å². The standard InChI is InChI=1S/C10H6F2N2O2/c11-6-1-2-8(7(12)5-6)16-10-9(15)13-3-4-14-10/h1-5H,(H,13,15). The summed E-state index contributed by atoms with van der Waals surface area (Å²) in [6, 6.07) is 2.76. The van der Waals surface area contributed by atoms with Gasteiger partial charge in [-0.05, 0) is 12.1 Å². The van der Waals surface area contributed by atoms with E-state index in [1.165, 1.54) is 12.4 Å². The molecule has 2 rings (SSSR count). The van der Waals surface area contributed by atoms with Crippen molar-refractivity contribution in [1.29, 1.82) is 0 Å². The van der Waals surface area contributed by atoms with Crippen molar-refractivity contribution in [3.63, 3.8) is 0 Å². The molecule has 2 aromatic rings. The predicted molar refractivity (Wildman–Crippen MR) is 51.3 cm³/mol. The average Bonchev–Trinajstić information content (AvgIpc) is 2.25. The van der Waals surface area contributed by atoms with Crippen LogP contribution in [0.2, 0.25) is 0 Å². The summed E-state index contributed by atoms with van der Waals surface area (Å²) in [5.41, 5.74) is -0.591. The topological polar surface area (TPSA) is 55.0 Å². The molecule has 0 radical (unpaired) electrons. The van der Waals surface area contributed by atoms with Crippen LogP contribution in [-0.2, 0) is 0 Å². The van der Waals surface area contributed by atoms with Gasteiger partial charge in [0.2, 0.25) is 0 Å². The average molecular weight is 224 g/mol. The van der Waals surface area contributed by atoms with Gasteiger partial charge in [-0.1, -0.05) is 0 Å². The first-order chi connectivity index (χ1) is 7.66. The highest BCUT2D eigenvalue weighted by Crippen LogP contribution is 2.21. The van der Waals surface area contributed by atoms with Crippen molar-refractivity contribution in [1.82, 2.24) is 9.97 Å². The number of benzene rings is 1. The second kappa shape index (κ2) is 4.09. The highest BCUT2D eigenvalue weighted by atomic mass is 19.1. The molecule has 1 N–H and O–H groups in total. The van der Waals surface area contributed by atoms with Crippen LogP contribution in [0.1, 0.15) is 0 Å². The summed E-state index contributed by atoms with van der Waals surface area (Å²) < 4.78 is 30.6. The van der Waals surface area contributed by atoms with E-state index < -0.39 is 17.2 Å². The van der Waals surface area contributed by atoms with Crippen molar-refractivity contribution in [3.8, 4) is 11.6 Å². The number of halogens is 2. The SMILES string of the molecule is O=c1[nH]ccnc1Oc1ccc(F)cc1F. The van der Waals surface area contributed by atoms with Gasteiger partial charge in [-0.2, -0.15) is 0 Å². The molecule has 0 aliphatic carbocycles. The highest BCUT2D eigenvalue weighted by molar-refractivity contribution is 5.28. The van der Waals surface area contributed by atoms with E-state index in [4.69, 9.17) is 4.74 Å². The Hall–Kier alpha value is -2.24. The molecule has 82 valence electrons. The van der Waals surface area contributed by atoms with Crippen molar-refractivity contribution < 1.29 is 13.5 Å². The van der Waals surface area contributed by atoms with Crippen LogP contribution in [0.4, 0.5) is 8.78 Å². The van der Waals surface area contributed by atoms with Crippen molar-refractivity contribution in [2.45, 2.75) is 0 Å². The Kier molecular flexibility index (Phi) is 2.63. The third kappa shape index (κ3) is 2.05. The fourth-order valence-electron chi connectivity index (χ4n) is 1.07. The lowest BCUT2D eigenvalue weighted by molar-refractivity contribution is 0.417. The molecule has 0 fully saturated rings. The van der Waals surface area contributed by atoms with E-state index in [1.807, 2.05) is 0 Å². The zero-order valence-corrected chi connectivity index (χ0v) is 7.91. The van der Waals surface area contributed by atoms with Crippen LogP contribution < -0.4 is 10.3 Å². The summed E-state index contributed by atoms with van der Waals surface area (Å²) >= 11 is 0. The van der Waals surface area contributed by atoms with Gasteiger partial charge in [-0.3, -0.25) is 4.79 Å². The lowest BCUT2D eigenvalue weighted by Gasteiger charge is -2.03. The first-order valence-electron chi connectivity index (χ1n) is 4.33. The van der Waals surface area contributed by atoms with Crippen LogP contribution in [0, 0.1) is 11.6 Å². The number of H-pyrrole nitrogens is 1. The molecule has 0 aliphatic heterocycles. The number of aromatic amines is 1. The maximum absolute atomic E-state index is 13.2. The summed E-state index contributed by atoms with van der Waals surface area (Å²) in [5.74, 6) is -2.18. The van der Waals surface area contributed by atoms with Gasteiger partial charge in [0.25, 0.3) is 5.88 Å². The molecule has 0 aliphatic rings. The quantitative estimate of drug-likeness (QED) is 0.846. The Labute approximate surface area is 88.5 Å². The van der Waals surface area contributed by atoms with Gasteiger partial charge < -0.3 is 9.72 Å². The molecule has 0 unspecified atom stereocenters. The second-order valence-corrected chi connectivity index (χ2v) is 2.90. The number of rotatable bonds is 2. The number of ether oxygens (including phenoxy) is 1. The van der Waals surface area contributed by atoms with Crippen LogP contribution in [0.15, 0.2) is 35.4 Å². The molecular weight excluding hydrogens is 218 g/mol. The minimum atomic E-state index is -0.898. The summed E-state index contributed by atoms with van der Waals surface area (Å²) in [7, 11) is 0. The van der Waals surface area contributed by atoms with Crippen LogP contribution in [0.25, 0.3) is 0 Å². The van der Waals surface area contributed by atoms with E-state index in [1.54, 1.807) is 0 Å². The van der Waals surface area contributed by atoms with E-state index in [0.29, 0.717) is 6.07 Å². The van der Waals surface area contributed by atoms with Gasteiger partial charge in [0.05, 0.1) is 0 Å². The molecule has 1 aromatic heterocycles. The van der Waals surface area contributed by atoms with Crippen molar-refractivity contribution in [2.75, 3.05) is 0 Å². The van der Waals surface area contributed by atoms with Gasteiger partial charge in [0.15, 0.2) is 11.6 Å². The number of hydrogen-bond acceptors (Lipinski definition) is 3. The molecule has 0 saturated carbocycles. The smallest absolute Gasteiger partial charge is 0.311 e. The third-order valence-corrected chi connectivity index (χ3v) is 1.78. The zero-order valence-electron chi connectivity index (χ0n) is 7.91. The Morgan fingerprint density at radius 1 is 1.31 bits per heavy atom. The summed E-state index contributed by atoms with van der Waals surface area (Å²) in [6.45, 7) is 0. The van der Waals surface area contributed by atoms with Gasteiger partial charge in [-0.25, -0.2) is 13.8 Å². The van der Waals surface area contributed by atoms with Crippen LogP contribution in [0.3, 0.4) is 0 Å². The molecular formula is C10H6F2N2O2. The Bertz CT molecular complexity index is 569. The maximum atomic E-state index is 13.2. The summed E-state index contributed by atoms with van der Waals surface area (Å²) in [5, 5.41) is 0. The molecule has 1 heterocycles. The van der Waals surface area contributed by atoms with Gasteiger partial charge >= 0.3 is 5.56 Å². The van der Waals surface area contributed by atoms with Gasteiger partial charge in [0.1, 0.15) is 5.82 Å². The summed E-state index contributed by atoms with van der Waals surface area (Å²) in [6.07, 6.45) is 2.61. The molecule has 6 heteroatoms. The van der Waals surface area contributed by atoms with Crippen molar-refractivity contribution in [3.05, 3.63) is 52.6 Å². The first kappa shape index (κ1) is 10.3. The Morgan fingerprint density at radius 2 is 2.12 bits per heavy atom. The summed E-state index contributed by atoms with van der Waals surface area (Å²) in [4.78, 5) is 17.1. The number of nitrogens with one attached hydrogen (secondary N) is 1. The van der Waals surface area contributed by atoms with Gasteiger partial charge in [0, 0.05) is 18.5 Å². The predicted octanol–water partition coefficient (Wildman–Crippen LogP) is 1.84. The molecule has 16 heavy (non-hydrogen) atoms. The highest BCUT2D eigenvalue weighted by Gasteiger charge is 2.08.